The van der Waals surface area contributed by atoms with Gasteiger partial charge < -0.3 is 19.9 Å². The molecule has 49 heavy (non-hydrogen) atoms. The molecule has 2 N–H and O–H groups in total. The van der Waals surface area contributed by atoms with Crippen LogP contribution < -0.4 is 5.73 Å². The van der Waals surface area contributed by atoms with Crippen molar-refractivity contribution in [2.45, 2.75) is 103 Å². The highest BCUT2D eigenvalue weighted by Gasteiger charge is 2.59. The van der Waals surface area contributed by atoms with Crippen molar-refractivity contribution in [3.8, 4) is 23.1 Å². The van der Waals surface area contributed by atoms with Gasteiger partial charge in [0.25, 0.3) is 0 Å². The van der Waals surface area contributed by atoms with Gasteiger partial charge in [0.2, 0.25) is 0 Å². The highest BCUT2D eigenvalue weighted by Crippen LogP contribution is 2.46. The monoisotopic (exact) mass is 673 g/mol. The maximum Gasteiger partial charge on any atom is 0.411 e. The number of cyclic esters (lactones) is 1. The van der Waals surface area contributed by atoms with Crippen LogP contribution in [0.2, 0.25) is 5.31 Å². The van der Waals surface area contributed by atoms with Gasteiger partial charge in [-0.25, -0.2) is 9.48 Å². The van der Waals surface area contributed by atoms with Crippen molar-refractivity contribution in [1.82, 2.24) is 19.9 Å². The predicted octanol–water partition coefficient (Wildman–Crippen LogP) is 4.27. The van der Waals surface area contributed by atoms with E-state index in [1.54, 1.807) is 57.6 Å². The van der Waals surface area contributed by atoms with Crippen LogP contribution in [0.3, 0.4) is 0 Å². The molecule has 2 radical (unpaired) electrons. The number of hydrogen-bond acceptors (Lipinski definition) is 10. The third-order valence-electron chi connectivity index (χ3n) is 10.6. The number of amides is 1. The van der Waals surface area contributed by atoms with E-state index < -0.39 is 64.9 Å². The van der Waals surface area contributed by atoms with E-state index in [9.17, 15) is 19.2 Å². The van der Waals surface area contributed by atoms with Crippen molar-refractivity contribution < 1.29 is 33.4 Å². The Morgan fingerprint density at radius 3 is 2.47 bits per heavy atom. The smallest absolute Gasteiger partial charge is 0.411 e. The third-order valence-corrected chi connectivity index (χ3v) is 10.6. The molecule has 2 fully saturated rings. The number of nitrogens with zero attached hydrogens (tertiary/aromatic N) is 4. The van der Waals surface area contributed by atoms with Gasteiger partial charge in [0.05, 0.1) is 32.7 Å². The number of esters is 1. The largest absolute Gasteiger partial charge is 0.458 e. The number of fused-ring (bicyclic) bond motifs is 1. The van der Waals surface area contributed by atoms with Crippen LogP contribution in [-0.4, -0.2) is 88.9 Å². The second-order valence-corrected chi connectivity index (χ2v) is 13.7. The van der Waals surface area contributed by atoms with Gasteiger partial charge in [0.1, 0.15) is 35.8 Å². The molecule has 1 aromatic carbocycles. The van der Waals surface area contributed by atoms with Crippen molar-refractivity contribution in [2.24, 2.45) is 23.7 Å². The maximum atomic E-state index is 14.1. The molecule has 2 aliphatic heterocycles. The molecule has 1 aromatic heterocycles. The number of aromatic nitrogens is 3. The molecule has 9 atom stereocenters. The first-order chi connectivity index (χ1) is 23.1. The van der Waals surface area contributed by atoms with Crippen molar-refractivity contribution in [3.63, 3.8) is 0 Å². The van der Waals surface area contributed by atoms with E-state index in [0.717, 1.165) is 5.56 Å². The number of benzene rings is 1. The summed E-state index contributed by atoms with van der Waals surface area (Å²) in [5.41, 5.74) is 6.57. The van der Waals surface area contributed by atoms with Crippen LogP contribution in [0.15, 0.2) is 30.5 Å². The average Bonchev–Trinajstić information content (AvgIpc) is 3.66. The minimum Gasteiger partial charge on any atom is -0.458 e. The maximum absolute atomic E-state index is 14.1. The number of ketones is 2. The van der Waals surface area contributed by atoms with Crippen LogP contribution in [0.5, 0.6) is 0 Å². The highest BCUT2D eigenvalue weighted by atomic mass is 16.6. The summed E-state index contributed by atoms with van der Waals surface area (Å²) in [5, 5.41) is 7.20. The molecule has 0 saturated carbocycles. The summed E-state index contributed by atoms with van der Waals surface area (Å²) in [4.78, 5) is 56.3. The molecule has 0 bridgehead atoms. The molecule has 3 heterocycles. The van der Waals surface area contributed by atoms with Gasteiger partial charge in [-0.05, 0) is 51.1 Å². The topological polar surface area (TPSA) is 156 Å². The number of anilines is 1. The Morgan fingerprint density at radius 2 is 1.82 bits per heavy atom. The van der Waals surface area contributed by atoms with Gasteiger partial charge in [0.15, 0.2) is 5.60 Å². The normalized spacial score (nSPS) is 32.0. The first-order valence-electron chi connectivity index (χ1n) is 16.9. The number of methoxy groups -OCH3 is 1. The molecular formula is C36H48BN5O7. The molecule has 12 nitrogen and oxygen atoms in total. The van der Waals surface area contributed by atoms with Crippen LogP contribution >= 0.6 is 0 Å². The first-order valence-corrected chi connectivity index (χ1v) is 16.9. The molecule has 2 saturated heterocycles. The minimum atomic E-state index is -1.41. The Bertz CT molecular complexity index is 1620. The second-order valence-electron chi connectivity index (χ2n) is 13.7. The van der Waals surface area contributed by atoms with Gasteiger partial charge >= 0.3 is 12.1 Å². The van der Waals surface area contributed by atoms with E-state index in [4.69, 9.17) is 27.8 Å². The van der Waals surface area contributed by atoms with Gasteiger partial charge in [0, 0.05) is 36.1 Å². The van der Waals surface area contributed by atoms with Crippen LogP contribution in [0.25, 0.3) is 11.3 Å². The lowest BCUT2D eigenvalue weighted by molar-refractivity contribution is -0.171. The Kier molecular flexibility index (Phi) is 11.6. The summed E-state index contributed by atoms with van der Waals surface area (Å²) >= 11 is 0. The molecule has 2 aromatic rings. The van der Waals surface area contributed by atoms with E-state index in [0.29, 0.717) is 24.2 Å². The summed E-state index contributed by atoms with van der Waals surface area (Å²) in [7, 11) is 8.40. The first kappa shape index (κ1) is 37.6. The lowest BCUT2D eigenvalue weighted by atomic mass is 9.53. The predicted molar refractivity (Wildman–Crippen MR) is 184 cm³/mol. The van der Waals surface area contributed by atoms with Crippen molar-refractivity contribution >= 4 is 37.2 Å². The van der Waals surface area contributed by atoms with Crippen molar-refractivity contribution in [3.05, 3.63) is 30.5 Å². The van der Waals surface area contributed by atoms with E-state index in [1.165, 1.54) is 18.9 Å². The second kappa shape index (κ2) is 15.2. The van der Waals surface area contributed by atoms with Gasteiger partial charge in [-0.2, -0.15) is 0 Å². The molecule has 4 rings (SSSR count). The van der Waals surface area contributed by atoms with E-state index >= 15 is 0 Å². The number of nitrogens with two attached hydrogens (primary N) is 1. The SMILES string of the molecule is [B][C@@]1(C(C)OC)CC[C@@H](C)C(=O)[C@H](C)[C@H]2N(CC#CCn3cc(-c4cccc(N)c4)nn3)C(=O)O[C@]2(C)[C@@H](CC)OC(=O)[C@H](C)C(=O)[C@@H]1C. The quantitative estimate of drug-likeness (QED) is 0.155. The zero-order chi connectivity index (χ0) is 36.3. The Morgan fingerprint density at radius 1 is 1.12 bits per heavy atom. The van der Waals surface area contributed by atoms with E-state index in [2.05, 4.69) is 22.2 Å². The average molecular weight is 674 g/mol. The molecular weight excluding hydrogens is 625 g/mol. The van der Waals surface area contributed by atoms with Crippen LogP contribution in [-0.2, 0) is 35.1 Å². The molecule has 1 amide bonds. The van der Waals surface area contributed by atoms with Crippen LogP contribution in [0.4, 0.5) is 10.5 Å². The molecule has 0 aliphatic carbocycles. The fraction of sp³-hybridized carbons (Fsp3) is 0.611. The lowest BCUT2D eigenvalue weighted by Crippen LogP contribution is -2.57. The molecule has 13 heteroatoms. The zero-order valence-corrected chi connectivity index (χ0v) is 29.8. The summed E-state index contributed by atoms with van der Waals surface area (Å²) < 4.78 is 19.1. The summed E-state index contributed by atoms with van der Waals surface area (Å²) in [5.74, 6) is 1.72. The van der Waals surface area contributed by atoms with Crippen molar-refractivity contribution in [1.29, 1.82) is 0 Å². The number of rotatable bonds is 6. The molecule has 262 valence electrons. The zero-order valence-electron chi connectivity index (χ0n) is 29.8. The Hall–Kier alpha value is -4.18. The summed E-state index contributed by atoms with van der Waals surface area (Å²) in [6, 6.07) is 6.49. The standard InChI is InChI=1S/C36H48BN5O7/c1-9-29-35(7)32(42(34(46)49-35)18-11-10-17-41-20-28(39-40-41)26-13-12-14-27(38)19-26)22(3)30(43)21(2)15-16-36(37,25(6)47-8)24(5)31(44)23(4)33(45)48-29/h12-14,19-25,29,32H,9,15-18,38H2,1-8H3/t21-,22+,23-,24+,25?,29-,32-,35-,36+/m1/s1. The number of Topliss-reactive ketones (excluding diaryl/α,β-unsaturated/α-hetero) is 2. The fourth-order valence-electron chi connectivity index (χ4n) is 7.21. The minimum absolute atomic E-state index is 0.0457. The number of carbonyl (C=O) groups is 4. The van der Waals surface area contributed by atoms with Gasteiger partial charge in [-0.15, -0.1) is 5.10 Å². The van der Waals surface area contributed by atoms with Crippen LogP contribution in [0, 0.1) is 35.5 Å². The third kappa shape index (κ3) is 7.54. The molecule has 0 spiro atoms. The summed E-state index contributed by atoms with van der Waals surface area (Å²) in [6.45, 7) is 12.2. The fourth-order valence-corrected chi connectivity index (χ4v) is 7.21. The van der Waals surface area contributed by atoms with E-state index in [-0.39, 0.29) is 31.1 Å². The Labute approximate surface area is 290 Å². The van der Waals surface area contributed by atoms with E-state index in [1.807, 2.05) is 19.1 Å². The molecule has 2 aliphatic rings. The summed E-state index contributed by atoms with van der Waals surface area (Å²) in [6.07, 6.45) is 0.515. The number of nitrogen functional groups attached to an aromatic ring is 1. The number of hydrogen-bond donors (Lipinski definition) is 1. The number of carbonyl (C=O) groups excluding carboxylic acids is 4. The van der Waals surface area contributed by atoms with Gasteiger partial charge in [-0.3, -0.25) is 19.3 Å². The highest BCUT2D eigenvalue weighted by molar-refractivity contribution is 6.18. The lowest BCUT2D eigenvalue weighted by Gasteiger charge is -2.43. The van der Waals surface area contributed by atoms with Gasteiger partial charge in [-0.1, -0.05) is 63.3 Å². The number of ether oxygens (including phenoxy) is 3. The van der Waals surface area contributed by atoms with Crippen molar-refractivity contribution in [2.75, 3.05) is 19.4 Å². The van der Waals surface area contributed by atoms with Crippen LogP contribution in [0.1, 0.15) is 67.7 Å². The molecule has 1 unspecified atom stereocenters. The Balaban J connectivity index is 1.64.